The van der Waals surface area contributed by atoms with Crippen LogP contribution in [0.5, 0.6) is 0 Å². The van der Waals surface area contributed by atoms with Gasteiger partial charge in [0.1, 0.15) is 0 Å². The van der Waals surface area contributed by atoms with Crippen LogP contribution in [0.1, 0.15) is 39.5 Å². The third kappa shape index (κ3) is 4.30. The predicted molar refractivity (Wildman–Crippen MR) is 71.0 cm³/mol. The van der Waals surface area contributed by atoms with Crippen LogP contribution in [0.25, 0.3) is 0 Å². The van der Waals surface area contributed by atoms with Crippen LogP contribution in [0.15, 0.2) is 0 Å². The number of carbonyl (C=O) groups excluding carboxylic acids is 2. The summed E-state index contributed by atoms with van der Waals surface area (Å²) >= 11 is 3.38. The number of nitrogens with zero attached hydrogens (tertiary/aromatic N) is 1. The molecule has 1 unspecified atom stereocenters. The van der Waals surface area contributed by atoms with Crippen molar-refractivity contribution in [1.29, 1.82) is 0 Å². The van der Waals surface area contributed by atoms with Gasteiger partial charge in [0.25, 0.3) is 0 Å². The highest BCUT2D eigenvalue weighted by atomic mass is 79.9. The highest BCUT2D eigenvalue weighted by molar-refractivity contribution is 9.10. The Morgan fingerprint density at radius 1 is 1.35 bits per heavy atom. The van der Waals surface area contributed by atoms with Crippen molar-refractivity contribution in [2.24, 2.45) is 0 Å². The molecule has 0 saturated carbocycles. The van der Waals surface area contributed by atoms with Crippen molar-refractivity contribution >= 4 is 27.7 Å². The number of piperidine rings is 1. The minimum Gasteiger partial charge on any atom is -0.353 e. The third-order valence-corrected chi connectivity index (χ3v) is 4.16. The number of hydrogen-bond donors (Lipinski definition) is 1. The summed E-state index contributed by atoms with van der Waals surface area (Å²) in [6.45, 7) is 5.33. The van der Waals surface area contributed by atoms with Gasteiger partial charge < -0.3 is 10.2 Å². The van der Waals surface area contributed by atoms with E-state index in [1.807, 2.05) is 18.7 Å². The van der Waals surface area contributed by atoms with E-state index in [0.29, 0.717) is 6.42 Å². The summed E-state index contributed by atoms with van der Waals surface area (Å²) in [6, 6.07) is 0.238. The van der Waals surface area contributed by atoms with E-state index in [1.165, 1.54) is 0 Å². The van der Waals surface area contributed by atoms with Gasteiger partial charge in [0, 0.05) is 25.6 Å². The van der Waals surface area contributed by atoms with Crippen LogP contribution in [-0.2, 0) is 9.59 Å². The number of carbonyl (C=O) groups is 2. The third-order valence-electron chi connectivity index (χ3n) is 3.12. The van der Waals surface area contributed by atoms with E-state index < -0.39 is 0 Å². The molecule has 0 radical (unpaired) electrons. The molecule has 98 valence electrons. The molecule has 0 aromatic carbocycles. The molecule has 1 heterocycles. The molecule has 2 amide bonds. The Labute approximate surface area is 111 Å². The lowest BCUT2D eigenvalue weighted by Crippen LogP contribution is -2.48. The van der Waals surface area contributed by atoms with Gasteiger partial charge in [0.05, 0.1) is 4.83 Å². The molecule has 0 spiro atoms. The van der Waals surface area contributed by atoms with E-state index >= 15 is 0 Å². The zero-order valence-electron chi connectivity index (χ0n) is 10.5. The largest absolute Gasteiger partial charge is 0.353 e. The van der Waals surface area contributed by atoms with Crippen molar-refractivity contribution in [3.05, 3.63) is 0 Å². The quantitative estimate of drug-likeness (QED) is 0.803. The summed E-state index contributed by atoms with van der Waals surface area (Å²) in [5, 5.41) is 2.98. The molecule has 0 bridgehead atoms. The Morgan fingerprint density at radius 2 is 1.94 bits per heavy atom. The first kappa shape index (κ1) is 14.5. The van der Waals surface area contributed by atoms with Gasteiger partial charge in [-0.3, -0.25) is 9.59 Å². The van der Waals surface area contributed by atoms with Crippen molar-refractivity contribution in [3.63, 3.8) is 0 Å². The van der Waals surface area contributed by atoms with Gasteiger partial charge in [-0.05, 0) is 19.3 Å². The maximum absolute atomic E-state index is 11.9. The van der Waals surface area contributed by atoms with E-state index in [1.54, 1.807) is 0 Å². The molecule has 1 aliphatic heterocycles. The van der Waals surface area contributed by atoms with E-state index in [-0.39, 0.29) is 22.7 Å². The Balaban J connectivity index is 2.35. The molecule has 1 rings (SSSR count). The number of rotatable bonds is 4. The molecule has 1 aliphatic rings. The SMILES string of the molecule is CCC(=O)NC1CCN(C(=O)C(Br)CC)CC1. The molecular weight excluding hydrogens is 284 g/mol. The van der Waals surface area contributed by atoms with Gasteiger partial charge in [0.15, 0.2) is 0 Å². The summed E-state index contributed by atoms with van der Waals surface area (Å²) < 4.78 is 0. The van der Waals surface area contributed by atoms with Crippen LogP contribution in [0.4, 0.5) is 0 Å². The maximum atomic E-state index is 11.9. The van der Waals surface area contributed by atoms with E-state index in [0.717, 1.165) is 32.4 Å². The summed E-state index contributed by atoms with van der Waals surface area (Å²) in [5.74, 6) is 0.273. The highest BCUT2D eigenvalue weighted by Gasteiger charge is 2.26. The number of nitrogens with one attached hydrogen (secondary N) is 1. The van der Waals surface area contributed by atoms with Crippen LogP contribution < -0.4 is 5.32 Å². The lowest BCUT2D eigenvalue weighted by atomic mass is 10.0. The Hall–Kier alpha value is -0.580. The van der Waals surface area contributed by atoms with Crippen LogP contribution >= 0.6 is 15.9 Å². The molecule has 4 nitrogen and oxygen atoms in total. The van der Waals surface area contributed by atoms with Crippen molar-refractivity contribution in [2.45, 2.75) is 50.4 Å². The summed E-state index contributed by atoms with van der Waals surface area (Å²) in [5.41, 5.74) is 0. The monoisotopic (exact) mass is 304 g/mol. The standard InChI is InChI=1S/C12H21BrN2O2/c1-3-10(13)12(17)15-7-5-9(6-8-15)14-11(16)4-2/h9-10H,3-8H2,1-2H3,(H,14,16). The number of amides is 2. The minimum atomic E-state index is -0.0655. The fourth-order valence-corrected chi connectivity index (χ4v) is 2.24. The predicted octanol–water partition coefficient (Wildman–Crippen LogP) is 1.68. The Morgan fingerprint density at radius 3 is 2.41 bits per heavy atom. The van der Waals surface area contributed by atoms with Gasteiger partial charge in [-0.15, -0.1) is 0 Å². The van der Waals surface area contributed by atoms with Crippen molar-refractivity contribution in [1.82, 2.24) is 10.2 Å². The molecule has 0 aliphatic carbocycles. The highest BCUT2D eigenvalue weighted by Crippen LogP contribution is 2.15. The molecule has 1 N–H and O–H groups in total. The lowest BCUT2D eigenvalue weighted by Gasteiger charge is -2.33. The van der Waals surface area contributed by atoms with Crippen LogP contribution in [0.3, 0.4) is 0 Å². The fourth-order valence-electron chi connectivity index (χ4n) is 1.95. The Kier molecular flexibility index (Phi) is 5.95. The molecule has 1 fully saturated rings. The van der Waals surface area contributed by atoms with Gasteiger partial charge in [-0.25, -0.2) is 0 Å². The van der Waals surface area contributed by atoms with E-state index in [4.69, 9.17) is 0 Å². The van der Waals surface area contributed by atoms with E-state index in [2.05, 4.69) is 21.2 Å². The molecule has 1 saturated heterocycles. The van der Waals surface area contributed by atoms with Crippen molar-refractivity contribution in [2.75, 3.05) is 13.1 Å². The van der Waals surface area contributed by atoms with Gasteiger partial charge in [-0.2, -0.15) is 0 Å². The van der Waals surface area contributed by atoms with Crippen molar-refractivity contribution < 1.29 is 9.59 Å². The van der Waals surface area contributed by atoms with E-state index in [9.17, 15) is 9.59 Å². The maximum Gasteiger partial charge on any atom is 0.236 e. The average molecular weight is 305 g/mol. The number of halogens is 1. The molecule has 0 aromatic rings. The average Bonchev–Trinajstić information content (AvgIpc) is 2.37. The summed E-state index contributed by atoms with van der Waals surface area (Å²) in [7, 11) is 0. The second kappa shape index (κ2) is 6.99. The first-order valence-corrected chi connectivity index (χ1v) is 7.22. The van der Waals surface area contributed by atoms with Crippen LogP contribution in [0.2, 0.25) is 0 Å². The molecule has 17 heavy (non-hydrogen) atoms. The summed E-state index contributed by atoms with van der Waals surface area (Å²) in [4.78, 5) is 25.0. The fraction of sp³-hybridized carbons (Fsp3) is 0.833. The number of alkyl halides is 1. The normalized spacial score (nSPS) is 18.9. The minimum absolute atomic E-state index is 0.0655. The summed E-state index contributed by atoms with van der Waals surface area (Å²) in [6.07, 6.45) is 3.06. The molecular formula is C12H21BrN2O2. The molecule has 5 heteroatoms. The second-order valence-electron chi connectivity index (χ2n) is 4.40. The molecule has 0 aromatic heterocycles. The van der Waals surface area contributed by atoms with Crippen molar-refractivity contribution in [3.8, 4) is 0 Å². The molecule has 1 atom stereocenters. The zero-order valence-corrected chi connectivity index (χ0v) is 12.1. The first-order valence-electron chi connectivity index (χ1n) is 6.30. The second-order valence-corrected chi connectivity index (χ2v) is 5.50. The first-order chi connectivity index (χ1) is 8.08. The van der Waals surface area contributed by atoms with Gasteiger partial charge >= 0.3 is 0 Å². The lowest BCUT2D eigenvalue weighted by molar-refractivity contribution is -0.131. The van der Waals surface area contributed by atoms with Crippen LogP contribution in [0, 0.1) is 0 Å². The zero-order chi connectivity index (χ0) is 12.8. The smallest absolute Gasteiger partial charge is 0.236 e. The van der Waals surface area contributed by atoms with Gasteiger partial charge in [0.2, 0.25) is 11.8 Å². The number of likely N-dealkylation sites (tertiary alicyclic amines) is 1. The van der Waals surface area contributed by atoms with Crippen LogP contribution in [-0.4, -0.2) is 40.7 Å². The Bertz CT molecular complexity index is 276. The number of hydrogen-bond acceptors (Lipinski definition) is 2. The van der Waals surface area contributed by atoms with Gasteiger partial charge in [-0.1, -0.05) is 29.8 Å². The topological polar surface area (TPSA) is 49.4 Å².